The van der Waals surface area contributed by atoms with Gasteiger partial charge in [0.25, 0.3) is 0 Å². The van der Waals surface area contributed by atoms with Gasteiger partial charge in [-0.1, -0.05) is 6.07 Å². The van der Waals surface area contributed by atoms with E-state index in [0.717, 1.165) is 5.56 Å². The fourth-order valence-electron chi connectivity index (χ4n) is 2.10. The molecule has 0 fully saturated rings. The van der Waals surface area contributed by atoms with E-state index < -0.39 is 11.7 Å². The molecule has 114 valence electrons. The second kappa shape index (κ2) is 5.63. The molecule has 2 rings (SSSR count). The number of hydrogen-bond acceptors (Lipinski definition) is 4. The summed E-state index contributed by atoms with van der Waals surface area (Å²) in [4.78, 5) is 25.5. The van der Waals surface area contributed by atoms with Gasteiger partial charge in [-0.25, -0.2) is 4.79 Å². The summed E-state index contributed by atoms with van der Waals surface area (Å²) in [7, 11) is 1.56. The van der Waals surface area contributed by atoms with Crippen LogP contribution in [0.3, 0.4) is 0 Å². The maximum atomic E-state index is 12.2. The number of benzene rings is 1. The van der Waals surface area contributed by atoms with Gasteiger partial charge in [0.05, 0.1) is 13.7 Å². The number of nitrogens with zero attached hydrogens (tertiary/aromatic N) is 1. The molecule has 6 heteroatoms. The minimum Gasteiger partial charge on any atom is -0.496 e. The summed E-state index contributed by atoms with van der Waals surface area (Å²) in [6.45, 7) is 5.58. The van der Waals surface area contributed by atoms with Crippen molar-refractivity contribution in [3.05, 3.63) is 23.8 Å². The van der Waals surface area contributed by atoms with Crippen molar-refractivity contribution in [2.75, 3.05) is 19.0 Å². The van der Waals surface area contributed by atoms with Crippen molar-refractivity contribution in [2.24, 2.45) is 0 Å². The summed E-state index contributed by atoms with van der Waals surface area (Å²) in [5.41, 5.74) is 0.811. The van der Waals surface area contributed by atoms with Crippen molar-refractivity contribution >= 4 is 17.7 Å². The average molecular weight is 292 g/mol. The van der Waals surface area contributed by atoms with Gasteiger partial charge in [-0.2, -0.15) is 0 Å². The Labute approximate surface area is 124 Å². The van der Waals surface area contributed by atoms with E-state index in [2.05, 4.69) is 5.32 Å². The molecule has 1 N–H and O–H groups in total. The van der Waals surface area contributed by atoms with Crippen molar-refractivity contribution in [3.8, 4) is 5.75 Å². The third-order valence-electron chi connectivity index (χ3n) is 2.96. The number of ether oxygens (including phenoxy) is 2. The molecule has 0 radical (unpaired) electrons. The minimum absolute atomic E-state index is 0.0489. The molecule has 0 aliphatic carbocycles. The average Bonchev–Trinajstić information content (AvgIpc) is 2.54. The molecule has 2 amide bonds. The highest BCUT2D eigenvalue weighted by atomic mass is 16.6. The second-order valence-electron chi connectivity index (χ2n) is 5.87. The van der Waals surface area contributed by atoms with E-state index in [0.29, 0.717) is 11.4 Å². The normalized spacial score (nSPS) is 14.9. The van der Waals surface area contributed by atoms with E-state index in [-0.39, 0.29) is 19.0 Å². The highest BCUT2D eigenvalue weighted by Crippen LogP contribution is 2.30. The molecular weight excluding hydrogens is 272 g/mol. The summed E-state index contributed by atoms with van der Waals surface area (Å²) in [5, 5.41) is 2.78. The van der Waals surface area contributed by atoms with Crippen LogP contribution in [0.25, 0.3) is 0 Å². The largest absolute Gasteiger partial charge is 0.496 e. The van der Waals surface area contributed by atoms with Crippen LogP contribution in [-0.4, -0.2) is 36.2 Å². The molecule has 0 saturated carbocycles. The quantitative estimate of drug-likeness (QED) is 0.863. The Bertz CT molecular complexity index is 563. The first-order valence-corrected chi connectivity index (χ1v) is 6.74. The molecule has 0 bridgehead atoms. The van der Waals surface area contributed by atoms with Crippen LogP contribution < -0.4 is 10.1 Å². The van der Waals surface area contributed by atoms with Crippen LogP contribution in [0, 0.1) is 0 Å². The molecule has 1 aliphatic rings. The zero-order valence-corrected chi connectivity index (χ0v) is 12.7. The number of fused-ring (bicyclic) bond motifs is 1. The van der Waals surface area contributed by atoms with Crippen LogP contribution >= 0.6 is 0 Å². The molecule has 1 aromatic carbocycles. The van der Waals surface area contributed by atoms with Gasteiger partial charge in [0.15, 0.2) is 0 Å². The van der Waals surface area contributed by atoms with Crippen molar-refractivity contribution in [1.82, 2.24) is 4.90 Å². The topological polar surface area (TPSA) is 67.9 Å². The van der Waals surface area contributed by atoms with E-state index in [4.69, 9.17) is 9.47 Å². The Morgan fingerprint density at radius 3 is 2.62 bits per heavy atom. The summed E-state index contributed by atoms with van der Waals surface area (Å²) < 4.78 is 10.6. The van der Waals surface area contributed by atoms with Crippen molar-refractivity contribution in [3.63, 3.8) is 0 Å². The maximum absolute atomic E-state index is 12.2. The van der Waals surface area contributed by atoms with Crippen LogP contribution in [0.2, 0.25) is 0 Å². The van der Waals surface area contributed by atoms with Crippen LogP contribution in [0.1, 0.15) is 26.3 Å². The summed E-state index contributed by atoms with van der Waals surface area (Å²) in [6, 6.07) is 5.37. The highest BCUT2D eigenvalue weighted by Gasteiger charge is 2.28. The molecule has 0 atom stereocenters. The summed E-state index contributed by atoms with van der Waals surface area (Å²) in [6.07, 6.45) is -0.517. The lowest BCUT2D eigenvalue weighted by atomic mass is 10.1. The maximum Gasteiger partial charge on any atom is 0.411 e. The summed E-state index contributed by atoms with van der Waals surface area (Å²) >= 11 is 0. The lowest BCUT2D eigenvalue weighted by Crippen LogP contribution is -2.39. The molecule has 1 heterocycles. The fraction of sp³-hybridized carbons (Fsp3) is 0.467. The lowest BCUT2D eigenvalue weighted by molar-refractivity contribution is -0.117. The lowest BCUT2D eigenvalue weighted by Gasteiger charge is -2.26. The van der Waals surface area contributed by atoms with Gasteiger partial charge in [-0.3, -0.25) is 9.69 Å². The number of carbonyl (C=O) groups is 2. The van der Waals surface area contributed by atoms with Crippen molar-refractivity contribution in [2.45, 2.75) is 32.9 Å². The van der Waals surface area contributed by atoms with E-state index in [9.17, 15) is 9.59 Å². The number of rotatable bonds is 1. The first-order chi connectivity index (χ1) is 9.80. The molecule has 0 aromatic heterocycles. The Kier molecular flexibility index (Phi) is 4.06. The van der Waals surface area contributed by atoms with Gasteiger partial charge in [0.1, 0.15) is 17.9 Å². The van der Waals surface area contributed by atoms with Crippen LogP contribution in [0.5, 0.6) is 5.75 Å². The number of amides is 2. The first-order valence-electron chi connectivity index (χ1n) is 6.74. The SMILES string of the molecule is COc1cccc2c1CN(C(=O)OC(C)(C)C)CC(=O)N2. The number of carbonyl (C=O) groups excluding carboxylic acids is 2. The van der Waals surface area contributed by atoms with E-state index >= 15 is 0 Å². The van der Waals surface area contributed by atoms with Gasteiger partial charge in [0.2, 0.25) is 5.91 Å². The minimum atomic E-state index is -0.608. The molecule has 1 aliphatic heterocycles. The molecule has 0 spiro atoms. The van der Waals surface area contributed by atoms with Gasteiger partial charge in [-0.15, -0.1) is 0 Å². The zero-order valence-electron chi connectivity index (χ0n) is 12.7. The Balaban J connectivity index is 2.30. The molecular formula is C15H20N2O4. The predicted molar refractivity (Wildman–Crippen MR) is 78.3 cm³/mol. The van der Waals surface area contributed by atoms with E-state index in [1.54, 1.807) is 46.1 Å². The Morgan fingerprint density at radius 1 is 1.29 bits per heavy atom. The fourth-order valence-corrected chi connectivity index (χ4v) is 2.10. The van der Waals surface area contributed by atoms with Crippen molar-refractivity contribution < 1.29 is 19.1 Å². The van der Waals surface area contributed by atoms with Crippen molar-refractivity contribution in [1.29, 1.82) is 0 Å². The van der Waals surface area contributed by atoms with Gasteiger partial charge >= 0.3 is 6.09 Å². The highest BCUT2D eigenvalue weighted by molar-refractivity contribution is 5.96. The van der Waals surface area contributed by atoms with E-state index in [1.165, 1.54) is 4.90 Å². The predicted octanol–water partition coefficient (Wildman–Crippen LogP) is 2.38. The smallest absolute Gasteiger partial charge is 0.411 e. The Morgan fingerprint density at radius 2 is 2.00 bits per heavy atom. The molecule has 6 nitrogen and oxygen atoms in total. The monoisotopic (exact) mass is 292 g/mol. The van der Waals surface area contributed by atoms with Crippen LogP contribution in [0.4, 0.5) is 10.5 Å². The van der Waals surface area contributed by atoms with Gasteiger partial charge in [-0.05, 0) is 32.9 Å². The number of methoxy groups -OCH3 is 1. The van der Waals surface area contributed by atoms with E-state index in [1.807, 2.05) is 0 Å². The third kappa shape index (κ3) is 3.65. The van der Waals surface area contributed by atoms with Crippen LogP contribution in [-0.2, 0) is 16.1 Å². The number of nitrogens with one attached hydrogen (secondary N) is 1. The first kappa shape index (κ1) is 15.2. The zero-order chi connectivity index (χ0) is 15.6. The molecule has 21 heavy (non-hydrogen) atoms. The number of anilines is 1. The van der Waals surface area contributed by atoms with Crippen LogP contribution in [0.15, 0.2) is 18.2 Å². The molecule has 0 saturated heterocycles. The third-order valence-corrected chi connectivity index (χ3v) is 2.96. The second-order valence-corrected chi connectivity index (χ2v) is 5.87. The van der Waals surface area contributed by atoms with Gasteiger partial charge in [0, 0.05) is 11.3 Å². The standard InChI is InChI=1S/C15H20N2O4/c1-15(2,3)21-14(19)17-8-10-11(16-13(18)9-17)6-5-7-12(10)20-4/h5-7H,8-9H2,1-4H3,(H,16,18). The molecule has 1 aromatic rings. The molecule has 0 unspecified atom stereocenters. The van der Waals surface area contributed by atoms with Gasteiger partial charge < -0.3 is 14.8 Å². The Hall–Kier alpha value is -2.24. The number of hydrogen-bond donors (Lipinski definition) is 1. The summed E-state index contributed by atoms with van der Waals surface area (Å²) in [5.74, 6) is 0.371.